The molecule has 0 fully saturated rings. The Bertz CT molecular complexity index is 599. The van der Waals surface area contributed by atoms with E-state index in [1.165, 1.54) is 0 Å². The van der Waals surface area contributed by atoms with Gasteiger partial charge in [0, 0.05) is 17.8 Å². The molecule has 0 radical (unpaired) electrons. The molecule has 1 aromatic carbocycles. The molecule has 19 heavy (non-hydrogen) atoms. The summed E-state index contributed by atoms with van der Waals surface area (Å²) in [6.07, 6.45) is 0. The van der Waals surface area contributed by atoms with Crippen molar-refractivity contribution in [1.29, 1.82) is 0 Å². The molecule has 0 aliphatic rings. The molecule has 0 atom stereocenters. The van der Waals surface area contributed by atoms with Crippen molar-refractivity contribution in [3.05, 3.63) is 52.1 Å². The Morgan fingerprint density at radius 3 is 2.42 bits per heavy atom. The van der Waals surface area contributed by atoms with Crippen LogP contribution < -0.4 is 10.6 Å². The van der Waals surface area contributed by atoms with Crippen molar-refractivity contribution in [1.82, 2.24) is 4.98 Å². The van der Waals surface area contributed by atoms with Crippen molar-refractivity contribution in [3.63, 3.8) is 0 Å². The number of hydrogen-bond acceptors (Lipinski definition) is 3. The number of benzene rings is 1. The lowest BCUT2D eigenvalue weighted by molar-refractivity contribution is 0.102. The van der Waals surface area contributed by atoms with E-state index in [2.05, 4.69) is 15.6 Å². The summed E-state index contributed by atoms with van der Waals surface area (Å²) in [5.74, 6) is 0.204. The van der Waals surface area contributed by atoms with Crippen molar-refractivity contribution < 1.29 is 4.79 Å². The highest BCUT2D eigenvalue weighted by molar-refractivity contribution is 6.34. The lowest BCUT2D eigenvalue weighted by Gasteiger charge is -2.07. The Hall–Kier alpha value is -1.78. The van der Waals surface area contributed by atoms with Crippen molar-refractivity contribution in [2.24, 2.45) is 0 Å². The number of rotatable bonds is 3. The summed E-state index contributed by atoms with van der Waals surface area (Å²) in [4.78, 5) is 16.2. The van der Waals surface area contributed by atoms with E-state index in [1.807, 2.05) is 0 Å². The Kier molecular flexibility index (Phi) is 4.24. The molecule has 0 aliphatic carbocycles. The smallest absolute Gasteiger partial charge is 0.275 e. The normalized spacial score (nSPS) is 10.1. The number of carbonyl (C=O) groups excluding carboxylic acids is 1. The van der Waals surface area contributed by atoms with Crippen molar-refractivity contribution >= 4 is 40.6 Å². The van der Waals surface area contributed by atoms with Crippen LogP contribution in [0.15, 0.2) is 36.4 Å². The van der Waals surface area contributed by atoms with E-state index in [9.17, 15) is 4.79 Å². The number of pyridine rings is 1. The molecule has 2 rings (SSSR count). The standard InChI is InChI=1S/C13H11Cl2N3O/c1-16-11-7-6-10(15)12(18-11)13(19)17-9-4-2-8(14)3-5-9/h2-7H,1H3,(H,16,18)(H,17,19). The van der Waals surface area contributed by atoms with E-state index >= 15 is 0 Å². The van der Waals surface area contributed by atoms with Gasteiger partial charge in [-0.05, 0) is 36.4 Å². The first-order valence-electron chi connectivity index (χ1n) is 5.51. The second-order valence-corrected chi connectivity index (χ2v) is 4.58. The average molecular weight is 296 g/mol. The number of halogens is 2. The number of carbonyl (C=O) groups is 1. The highest BCUT2D eigenvalue weighted by Gasteiger charge is 2.13. The molecular formula is C13H11Cl2N3O. The Labute approximate surface area is 120 Å². The fourth-order valence-corrected chi connectivity index (χ4v) is 1.78. The Morgan fingerprint density at radius 1 is 1.11 bits per heavy atom. The minimum atomic E-state index is -0.371. The quantitative estimate of drug-likeness (QED) is 0.908. The maximum atomic E-state index is 12.1. The number of hydrogen-bond donors (Lipinski definition) is 2. The number of nitrogens with one attached hydrogen (secondary N) is 2. The number of nitrogens with zero attached hydrogens (tertiary/aromatic N) is 1. The van der Waals surface area contributed by atoms with E-state index in [0.717, 1.165) is 0 Å². The van der Waals surface area contributed by atoms with Crippen LogP contribution in [-0.2, 0) is 0 Å². The lowest BCUT2D eigenvalue weighted by Crippen LogP contribution is -2.15. The predicted molar refractivity (Wildman–Crippen MR) is 78.2 cm³/mol. The van der Waals surface area contributed by atoms with Crippen LogP contribution in [0.5, 0.6) is 0 Å². The minimum Gasteiger partial charge on any atom is -0.373 e. The van der Waals surface area contributed by atoms with E-state index < -0.39 is 0 Å². The average Bonchev–Trinajstić information content (AvgIpc) is 2.42. The van der Waals surface area contributed by atoms with Gasteiger partial charge < -0.3 is 10.6 Å². The van der Waals surface area contributed by atoms with Crippen molar-refractivity contribution in [3.8, 4) is 0 Å². The first-order valence-corrected chi connectivity index (χ1v) is 6.27. The van der Waals surface area contributed by atoms with Gasteiger partial charge in [0.2, 0.25) is 0 Å². The fourth-order valence-electron chi connectivity index (χ4n) is 1.46. The molecule has 0 unspecified atom stereocenters. The van der Waals surface area contributed by atoms with Crippen LogP contribution in [0.2, 0.25) is 10.0 Å². The summed E-state index contributed by atoms with van der Waals surface area (Å²) in [5.41, 5.74) is 0.797. The van der Waals surface area contributed by atoms with Gasteiger partial charge in [0.15, 0.2) is 0 Å². The van der Waals surface area contributed by atoms with Gasteiger partial charge >= 0.3 is 0 Å². The van der Waals surface area contributed by atoms with Gasteiger partial charge in [-0.25, -0.2) is 4.98 Å². The van der Waals surface area contributed by atoms with Gasteiger partial charge in [-0.3, -0.25) is 4.79 Å². The predicted octanol–water partition coefficient (Wildman–Crippen LogP) is 3.68. The summed E-state index contributed by atoms with van der Waals surface area (Å²) in [6, 6.07) is 10.1. The van der Waals surface area contributed by atoms with Crippen LogP contribution in [0.3, 0.4) is 0 Å². The van der Waals surface area contributed by atoms with E-state index in [0.29, 0.717) is 21.6 Å². The molecular weight excluding hydrogens is 285 g/mol. The Morgan fingerprint density at radius 2 is 1.79 bits per heavy atom. The maximum absolute atomic E-state index is 12.1. The topological polar surface area (TPSA) is 54.0 Å². The third kappa shape index (κ3) is 3.36. The maximum Gasteiger partial charge on any atom is 0.275 e. The van der Waals surface area contributed by atoms with Gasteiger partial charge in [0.1, 0.15) is 11.5 Å². The van der Waals surface area contributed by atoms with E-state index in [1.54, 1.807) is 43.4 Å². The third-order valence-corrected chi connectivity index (χ3v) is 2.98. The second kappa shape index (κ2) is 5.91. The lowest BCUT2D eigenvalue weighted by atomic mass is 10.3. The second-order valence-electron chi connectivity index (χ2n) is 3.74. The number of amides is 1. The summed E-state index contributed by atoms with van der Waals surface area (Å²) >= 11 is 11.7. The van der Waals surface area contributed by atoms with Crippen LogP contribution in [0.4, 0.5) is 11.5 Å². The van der Waals surface area contributed by atoms with E-state index in [4.69, 9.17) is 23.2 Å². The zero-order valence-electron chi connectivity index (χ0n) is 10.1. The Balaban J connectivity index is 2.22. The zero-order valence-corrected chi connectivity index (χ0v) is 11.6. The SMILES string of the molecule is CNc1ccc(Cl)c(C(=O)Nc2ccc(Cl)cc2)n1. The molecule has 2 N–H and O–H groups in total. The first kappa shape index (κ1) is 13.6. The summed E-state index contributed by atoms with van der Waals surface area (Å²) in [7, 11) is 1.72. The number of anilines is 2. The van der Waals surface area contributed by atoms with Gasteiger partial charge in [0.05, 0.1) is 5.02 Å². The summed E-state index contributed by atoms with van der Waals surface area (Å²) in [5, 5.41) is 6.46. The zero-order chi connectivity index (χ0) is 13.8. The molecule has 1 amide bonds. The molecule has 0 spiro atoms. The first-order chi connectivity index (χ1) is 9.10. The molecule has 0 aliphatic heterocycles. The van der Waals surface area contributed by atoms with Gasteiger partial charge in [0.25, 0.3) is 5.91 Å². The van der Waals surface area contributed by atoms with Crippen LogP contribution in [0.1, 0.15) is 10.5 Å². The molecule has 98 valence electrons. The monoisotopic (exact) mass is 295 g/mol. The largest absolute Gasteiger partial charge is 0.373 e. The molecule has 1 heterocycles. The third-order valence-electron chi connectivity index (χ3n) is 2.42. The molecule has 0 saturated carbocycles. The summed E-state index contributed by atoms with van der Waals surface area (Å²) in [6.45, 7) is 0. The number of aromatic nitrogens is 1. The fraction of sp³-hybridized carbons (Fsp3) is 0.0769. The van der Waals surface area contributed by atoms with Gasteiger partial charge in [-0.2, -0.15) is 0 Å². The molecule has 4 nitrogen and oxygen atoms in total. The van der Waals surface area contributed by atoms with Gasteiger partial charge in [-0.1, -0.05) is 23.2 Å². The highest BCUT2D eigenvalue weighted by Crippen LogP contribution is 2.19. The van der Waals surface area contributed by atoms with Crippen LogP contribution >= 0.6 is 23.2 Å². The molecule has 1 aromatic heterocycles. The highest BCUT2D eigenvalue weighted by atomic mass is 35.5. The van der Waals surface area contributed by atoms with E-state index in [-0.39, 0.29) is 11.6 Å². The minimum absolute atomic E-state index is 0.170. The van der Waals surface area contributed by atoms with Crippen molar-refractivity contribution in [2.45, 2.75) is 0 Å². The molecule has 0 saturated heterocycles. The molecule has 2 aromatic rings. The van der Waals surface area contributed by atoms with Gasteiger partial charge in [-0.15, -0.1) is 0 Å². The molecule has 6 heteroatoms. The van der Waals surface area contributed by atoms with Crippen molar-refractivity contribution in [2.75, 3.05) is 17.7 Å². The summed E-state index contributed by atoms with van der Waals surface area (Å²) < 4.78 is 0. The van der Waals surface area contributed by atoms with Crippen LogP contribution in [0, 0.1) is 0 Å². The molecule has 0 bridgehead atoms. The van der Waals surface area contributed by atoms with Crippen LogP contribution in [0.25, 0.3) is 0 Å². The van der Waals surface area contributed by atoms with Crippen LogP contribution in [-0.4, -0.2) is 17.9 Å².